The number of ether oxygens (including phenoxy) is 1. The minimum Gasteiger partial charge on any atom is -0.484 e. The van der Waals surface area contributed by atoms with Crippen LogP contribution in [0, 0.1) is 0 Å². The Hall–Kier alpha value is -2.96. The van der Waals surface area contributed by atoms with Crippen LogP contribution in [0.4, 0.5) is 0 Å². The third kappa shape index (κ3) is 5.03. The van der Waals surface area contributed by atoms with Crippen molar-refractivity contribution in [3.8, 4) is 5.75 Å². The molecule has 7 heteroatoms. The molecule has 4 rings (SSSR count). The SMILES string of the molecule is O=Cc1ccc(OCC(=O)N2N=C(c3ccc(Br)cc3)CC2c2ccc(Cl)cc2)cc1. The van der Waals surface area contributed by atoms with Gasteiger partial charge in [-0.2, -0.15) is 5.10 Å². The second-order valence-electron chi connectivity index (χ2n) is 7.04. The normalized spacial score (nSPS) is 15.5. The summed E-state index contributed by atoms with van der Waals surface area (Å²) in [7, 11) is 0. The fourth-order valence-corrected chi connectivity index (χ4v) is 3.75. The number of hydrogen-bond donors (Lipinski definition) is 0. The second kappa shape index (κ2) is 9.45. The number of halogens is 2. The smallest absolute Gasteiger partial charge is 0.281 e. The molecule has 0 N–H and O–H groups in total. The van der Waals surface area contributed by atoms with Crippen LogP contribution in [-0.2, 0) is 4.79 Å². The molecule has 1 atom stereocenters. The van der Waals surface area contributed by atoms with E-state index in [1.54, 1.807) is 24.3 Å². The molecule has 1 heterocycles. The average molecular weight is 498 g/mol. The summed E-state index contributed by atoms with van der Waals surface area (Å²) in [5.74, 6) is 0.254. The maximum atomic E-state index is 13.0. The Bertz CT molecular complexity index is 1110. The number of rotatable bonds is 6. The van der Waals surface area contributed by atoms with E-state index in [4.69, 9.17) is 16.3 Å². The molecule has 0 aromatic heterocycles. The summed E-state index contributed by atoms with van der Waals surface area (Å²) in [5.41, 5.74) is 3.28. The molecule has 0 saturated heterocycles. The molecule has 3 aromatic carbocycles. The van der Waals surface area contributed by atoms with Crippen molar-refractivity contribution in [2.24, 2.45) is 5.10 Å². The predicted molar refractivity (Wildman–Crippen MR) is 124 cm³/mol. The molecule has 1 aliphatic rings. The Labute approximate surface area is 193 Å². The van der Waals surface area contributed by atoms with Gasteiger partial charge in [-0.05, 0) is 59.7 Å². The van der Waals surface area contributed by atoms with E-state index in [2.05, 4.69) is 21.0 Å². The zero-order valence-electron chi connectivity index (χ0n) is 16.4. The first-order chi connectivity index (χ1) is 15.0. The summed E-state index contributed by atoms with van der Waals surface area (Å²) in [6.07, 6.45) is 1.34. The number of amides is 1. The minimum absolute atomic E-state index is 0.165. The highest BCUT2D eigenvalue weighted by Crippen LogP contribution is 2.33. The quantitative estimate of drug-likeness (QED) is 0.412. The van der Waals surface area contributed by atoms with E-state index in [0.717, 1.165) is 27.6 Å². The first-order valence-electron chi connectivity index (χ1n) is 9.62. The van der Waals surface area contributed by atoms with Crippen LogP contribution in [0.25, 0.3) is 0 Å². The Balaban J connectivity index is 1.56. The van der Waals surface area contributed by atoms with Gasteiger partial charge in [-0.1, -0.05) is 51.8 Å². The summed E-state index contributed by atoms with van der Waals surface area (Å²) < 4.78 is 6.61. The van der Waals surface area contributed by atoms with Crippen LogP contribution in [0.3, 0.4) is 0 Å². The number of hydrazone groups is 1. The van der Waals surface area contributed by atoms with Crippen LogP contribution in [0.2, 0.25) is 5.02 Å². The lowest BCUT2D eigenvalue weighted by molar-refractivity contribution is -0.135. The van der Waals surface area contributed by atoms with Crippen LogP contribution < -0.4 is 4.74 Å². The summed E-state index contributed by atoms with van der Waals surface area (Å²) in [4.78, 5) is 23.8. The summed E-state index contributed by atoms with van der Waals surface area (Å²) in [6, 6.07) is 21.6. The van der Waals surface area contributed by atoms with Gasteiger partial charge < -0.3 is 4.74 Å². The standard InChI is InChI=1S/C24H18BrClN2O3/c25-19-7-3-17(4-8-19)22-13-23(18-5-9-20(26)10-6-18)28(27-22)24(30)15-31-21-11-1-16(14-29)2-12-21/h1-12,14,23H,13,15H2. The van der Waals surface area contributed by atoms with Crippen molar-refractivity contribution in [1.82, 2.24) is 5.01 Å². The van der Waals surface area contributed by atoms with Gasteiger partial charge in [-0.3, -0.25) is 9.59 Å². The lowest BCUT2D eigenvalue weighted by Crippen LogP contribution is -2.31. The molecule has 0 spiro atoms. The number of benzene rings is 3. The maximum Gasteiger partial charge on any atom is 0.281 e. The number of carbonyl (C=O) groups excluding carboxylic acids is 2. The average Bonchev–Trinajstić information content (AvgIpc) is 3.24. The zero-order chi connectivity index (χ0) is 21.8. The van der Waals surface area contributed by atoms with E-state index < -0.39 is 0 Å². The molecule has 0 bridgehead atoms. The Kier molecular flexibility index (Phi) is 6.49. The molecule has 1 amide bonds. The number of hydrogen-bond acceptors (Lipinski definition) is 4. The van der Waals surface area contributed by atoms with E-state index in [0.29, 0.717) is 22.8 Å². The van der Waals surface area contributed by atoms with Crippen molar-refractivity contribution in [1.29, 1.82) is 0 Å². The van der Waals surface area contributed by atoms with Crippen molar-refractivity contribution < 1.29 is 14.3 Å². The molecule has 0 fully saturated rings. The molecule has 31 heavy (non-hydrogen) atoms. The van der Waals surface area contributed by atoms with Crippen LogP contribution in [0.15, 0.2) is 82.4 Å². The van der Waals surface area contributed by atoms with Gasteiger partial charge in [-0.15, -0.1) is 0 Å². The molecule has 1 aliphatic heterocycles. The first-order valence-corrected chi connectivity index (χ1v) is 10.8. The van der Waals surface area contributed by atoms with Crippen molar-refractivity contribution >= 4 is 45.4 Å². The Morgan fingerprint density at radius 2 is 1.74 bits per heavy atom. The lowest BCUT2D eigenvalue weighted by atomic mass is 9.98. The molecule has 1 unspecified atom stereocenters. The van der Waals surface area contributed by atoms with Crippen LogP contribution in [0.5, 0.6) is 5.75 Å². The first kappa shape index (κ1) is 21.3. The van der Waals surface area contributed by atoms with Gasteiger partial charge in [0.25, 0.3) is 5.91 Å². The second-order valence-corrected chi connectivity index (χ2v) is 8.39. The van der Waals surface area contributed by atoms with Gasteiger partial charge in [0.05, 0.1) is 11.8 Å². The molecule has 3 aromatic rings. The third-order valence-electron chi connectivity index (χ3n) is 4.98. The van der Waals surface area contributed by atoms with Gasteiger partial charge in [0.2, 0.25) is 0 Å². The van der Waals surface area contributed by atoms with Crippen LogP contribution in [-0.4, -0.2) is 29.5 Å². The van der Waals surface area contributed by atoms with Crippen LogP contribution in [0.1, 0.15) is 33.9 Å². The lowest BCUT2D eigenvalue weighted by Gasteiger charge is -2.22. The molecule has 0 radical (unpaired) electrons. The highest BCUT2D eigenvalue weighted by atomic mass is 79.9. The van der Waals surface area contributed by atoms with Gasteiger partial charge >= 0.3 is 0 Å². The number of aldehydes is 1. The fourth-order valence-electron chi connectivity index (χ4n) is 3.36. The summed E-state index contributed by atoms with van der Waals surface area (Å²) in [5, 5.41) is 6.76. The van der Waals surface area contributed by atoms with E-state index in [9.17, 15) is 9.59 Å². The van der Waals surface area contributed by atoms with Gasteiger partial charge in [0.15, 0.2) is 6.61 Å². The minimum atomic E-state index is -0.258. The van der Waals surface area contributed by atoms with Crippen molar-refractivity contribution in [2.45, 2.75) is 12.5 Å². The Morgan fingerprint density at radius 1 is 1.06 bits per heavy atom. The van der Waals surface area contributed by atoms with Crippen molar-refractivity contribution in [3.63, 3.8) is 0 Å². The molecule has 0 saturated carbocycles. The Morgan fingerprint density at radius 3 is 2.39 bits per heavy atom. The predicted octanol–water partition coefficient (Wildman–Crippen LogP) is 5.67. The highest BCUT2D eigenvalue weighted by Gasteiger charge is 2.33. The van der Waals surface area contributed by atoms with Crippen LogP contribution >= 0.6 is 27.5 Å². The van der Waals surface area contributed by atoms with Crippen molar-refractivity contribution in [2.75, 3.05) is 6.61 Å². The van der Waals surface area contributed by atoms with Crippen molar-refractivity contribution in [3.05, 3.63) is 99.0 Å². The largest absolute Gasteiger partial charge is 0.484 e. The zero-order valence-corrected chi connectivity index (χ0v) is 18.7. The fraction of sp³-hybridized carbons (Fsp3) is 0.125. The monoisotopic (exact) mass is 496 g/mol. The van der Waals surface area contributed by atoms with E-state index in [1.165, 1.54) is 5.01 Å². The summed E-state index contributed by atoms with van der Waals surface area (Å²) >= 11 is 9.48. The van der Waals surface area contributed by atoms with E-state index in [-0.39, 0.29) is 18.6 Å². The molecule has 0 aliphatic carbocycles. The summed E-state index contributed by atoms with van der Waals surface area (Å²) in [6.45, 7) is -0.165. The van der Waals surface area contributed by atoms with Gasteiger partial charge in [-0.25, -0.2) is 5.01 Å². The molecular formula is C24H18BrClN2O3. The van der Waals surface area contributed by atoms with E-state index >= 15 is 0 Å². The topological polar surface area (TPSA) is 59.0 Å². The van der Waals surface area contributed by atoms with Gasteiger partial charge in [0, 0.05) is 21.5 Å². The number of carbonyl (C=O) groups is 2. The highest BCUT2D eigenvalue weighted by molar-refractivity contribution is 9.10. The molecular weight excluding hydrogens is 480 g/mol. The maximum absolute atomic E-state index is 13.0. The van der Waals surface area contributed by atoms with Gasteiger partial charge in [0.1, 0.15) is 12.0 Å². The molecule has 156 valence electrons. The van der Waals surface area contributed by atoms with E-state index in [1.807, 2.05) is 48.5 Å². The molecule has 5 nitrogen and oxygen atoms in total. The third-order valence-corrected chi connectivity index (χ3v) is 5.76. The number of nitrogens with zero attached hydrogens (tertiary/aromatic N) is 2.